The van der Waals surface area contributed by atoms with Crippen molar-refractivity contribution in [2.75, 3.05) is 6.54 Å². The molecule has 0 amide bonds. The monoisotopic (exact) mass is 495 g/mol. The number of aliphatic imine (C=N–C) groups is 1. The average Bonchev–Trinajstić information content (AvgIpc) is 3.09. The molecule has 2 aromatic heterocycles. The third-order valence-corrected chi connectivity index (χ3v) is 6.54. The van der Waals surface area contributed by atoms with Crippen LogP contribution in [0.4, 0.5) is 4.39 Å². The van der Waals surface area contributed by atoms with E-state index in [0.29, 0.717) is 22.8 Å². The van der Waals surface area contributed by atoms with Gasteiger partial charge in [-0.05, 0) is 61.1 Å². The Morgan fingerprint density at radius 1 is 1.24 bits per heavy atom. The molecule has 37 heavy (non-hydrogen) atoms. The number of nitrogens with zero attached hydrogens (tertiary/aromatic N) is 5. The molecule has 5 heterocycles. The molecule has 0 bridgehead atoms. The molecule has 1 unspecified atom stereocenters. The van der Waals surface area contributed by atoms with Crippen molar-refractivity contribution in [3.05, 3.63) is 88.0 Å². The first-order chi connectivity index (χ1) is 18.0. The SMILES string of the molecule is Cc1ccnc(Oc2ccc(C3=C4c5cnc(C#CO)cc5CCCN4C4N=CNC(N)=C34)cc2F)n1. The maximum Gasteiger partial charge on any atom is 0.322 e. The molecule has 1 aromatic carbocycles. The van der Waals surface area contributed by atoms with Crippen LogP contribution in [0.15, 0.2) is 59.1 Å². The molecule has 0 saturated heterocycles. The van der Waals surface area contributed by atoms with Crippen molar-refractivity contribution in [2.45, 2.75) is 25.9 Å². The topological polar surface area (TPSA) is 122 Å². The minimum absolute atomic E-state index is 0.0169. The number of hydrogen-bond donors (Lipinski definition) is 3. The van der Waals surface area contributed by atoms with Gasteiger partial charge in [-0.2, -0.15) is 0 Å². The normalized spacial score (nSPS) is 17.8. The van der Waals surface area contributed by atoms with E-state index in [1.54, 1.807) is 36.9 Å². The van der Waals surface area contributed by atoms with Gasteiger partial charge in [0.15, 0.2) is 17.7 Å². The first-order valence-corrected chi connectivity index (χ1v) is 11.7. The third kappa shape index (κ3) is 3.90. The molecule has 10 heteroatoms. The molecule has 0 aliphatic carbocycles. The largest absolute Gasteiger partial charge is 0.462 e. The predicted octanol–water partition coefficient (Wildman–Crippen LogP) is 3.05. The molecule has 4 N–H and O–H groups in total. The van der Waals surface area contributed by atoms with Gasteiger partial charge in [-0.1, -0.05) is 6.07 Å². The van der Waals surface area contributed by atoms with Crippen molar-refractivity contribution < 1.29 is 14.2 Å². The molecule has 0 radical (unpaired) electrons. The Hall–Kier alpha value is -4.91. The van der Waals surface area contributed by atoms with Crippen LogP contribution in [0.25, 0.3) is 11.3 Å². The number of pyridine rings is 1. The smallest absolute Gasteiger partial charge is 0.322 e. The lowest BCUT2D eigenvalue weighted by Crippen LogP contribution is -2.36. The van der Waals surface area contributed by atoms with Crippen LogP contribution in [0.2, 0.25) is 0 Å². The second-order valence-electron chi connectivity index (χ2n) is 8.84. The minimum atomic E-state index is -0.558. The Kier molecular flexibility index (Phi) is 5.45. The molecule has 6 rings (SSSR count). The number of benzene rings is 1. The van der Waals surface area contributed by atoms with Crippen LogP contribution in [-0.2, 0) is 6.42 Å². The molecule has 9 nitrogen and oxygen atoms in total. The number of ether oxygens (including phenoxy) is 1. The molecule has 3 aliphatic heterocycles. The summed E-state index contributed by atoms with van der Waals surface area (Å²) in [6.07, 6.45) is 8.14. The Bertz CT molecular complexity index is 1590. The first-order valence-electron chi connectivity index (χ1n) is 11.7. The number of nitrogens with two attached hydrogens (primary N) is 1. The van der Waals surface area contributed by atoms with Crippen molar-refractivity contribution in [2.24, 2.45) is 10.7 Å². The third-order valence-electron chi connectivity index (χ3n) is 6.54. The summed E-state index contributed by atoms with van der Waals surface area (Å²) in [6, 6.07) is 8.47. The number of fused-ring (bicyclic) bond motifs is 5. The number of aliphatic hydroxyl groups is 1. The van der Waals surface area contributed by atoms with Gasteiger partial charge in [0, 0.05) is 41.3 Å². The molecular formula is C27H22FN7O2. The van der Waals surface area contributed by atoms with Gasteiger partial charge in [0.05, 0.1) is 12.0 Å². The van der Waals surface area contributed by atoms with E-state index in [2.05, 4.69) is 36.1 Å². The number of halogens is 1. The number of aryl methyl sites for hydroxylation is 2. The zero-order chi connectivity index (χ0) is 25.5. The van der Waals surface area contributed by atoms with E-state index in [1.165, 1.54) is 6.07 Å². The van der Waals surface area contributed by atoms with Crippen LogP contribution in [0, 0.1) is 24.8 Å². The summed E-state index contributed by atoms with van der Waals surface area (Å²) in [5.41, 5.74) is 12.6. The van der Waals surface area contributed by atoms with Crippen LogP contribution in [0.5, 0.6) is 11.8 Å². The summed E-state index contributed by atoms with van der Waals surface area (Å²) in [5.74, 6) is 2.52. The molecule has 1 atom stereocenters. The molecule has 0 fully saturated rings. The summed E-state index contributed by atoms with van der Waals surface area (Å²) in [7, 11) is 0. The van der Waals surface area contributed by atoms with Crippen molar-refractivity contribution in [1.82, 2.24) is 25.2 Å². The minimum Gasteiger partial charge on any atom is -0.462 e. The van der Waals surface area contributed by atoms with Gasteiger partial charge in [-0.25, -0.2) is 24.3 Å². The fraction of sp³-hybridized carbons (Fsp3) is 0.185. The average molecular weight is 496 g/mol. The molecular weight excluding hydrogens is 473 g/mol. The summed E-state index contributed by atoms with van der Waals surface area (Å²) < 4.78 is 21.0. The highest BCUT2D eigenvalue weighted by atomic mass is 19.1. The fourth-order valence-electron chi connectivity index (χ4n) is 4.97. The van der Waals surface area contributed by atoms with Gasteiger partial charge in [0.2, 0.25) is 0 Å². The summed E-state index contributed by atoms with van der Waals surface area (Å²) in [4.78, 5) is 19.5. The van der Waals surface area contributed by atoms with E-state index in [9.17, 15) is 0 Å². The zero-order valence-electron chi connectivity index (χ0n) is 19.9. The lowest BCUT2D eigenvalue weighted by molar-refractivity contribution is 0.349. The quantitative estimate of drug-likeness (QED) is 0.474. The van der Waals surface area contributed by atoms with Gasteiger partial charge in [0.1, 0.15) is 17.6 Å². The number of rotatable bonds is 3. The Morgan fingerprint density at radius 3 is 2.95 bits per heavy atom. The molecule has 184 valence electrons. The van der Waals surface area contributed by atoms with Gasteiger partial charge >= 0.3 is 6.01 Å². The number of nitrogens with one attached hydrogen (secondary N) is 1. The Labute approximate surface area is 212 Å². The second-order valence-corrected chi connectivity index (χ2v) is 8.84. The molecule has 3 aliphatic rings. The fourth-order valence-corrected chi connectivity index (χ4v) is 4.97. The van der Waals surface area contributed by atoms with Crippen molar-refractivity contribution in [3.63, 3.8) is 0 Å². The second kappa shape index (κ2) is 8.95. The zero-order valence-corrected chi connectivity index (χ0v) is 19.9. The Morgan fingerprint density at radius 2 is 2.14 bits per heavy atom. The molecule has 0 saturated carbocycles. The van der Waals surface area contributed by atoms with Crippen LogP contribution in [0.3, 0.4) is 0 Å². The number of aromatic nitrogens is 3. The van der Waals surface area contributed by atoms with E-state index in [4.69, 9.17) is 15.6 Å². The van der Waals surface area contributed by atoms with E-state index >= 15 is 4.39 Å². The van der Waals surface area contributed by atoms with Gasteiger partial charge in [-0.3, -0.25) is 0 Å². The van der Waals surface area contributed by atoms with Gasteiger partial charge < -0.3 is 25.8 Å². The highest BCUT2D eigenvalue weighted by Gasteiger charge is 2.41. The van der Waals surface area contributed by atoms with Gasteiger partial charge in [0.25, 0.3) is 0 Å². The van der Waals surface area contributed by atoms with Crippen LogP contribution >= 0.6 is 0 Å². The first kappa shape index (κ1) is 22.5. The van der Waals surface area contributed by atoms with Crippen LogP contribution < -0.4 is 15.8 Å². The molecule has 3 aromatic rings. The van der Waals surface area contributed by atoms with Crippen molar-refractivity contribution in [1.29, 1.82) is 0 Å². The van der Waals surface area contributed by atoms with Gasteiger partial charge in [-0.15, -0.1) is 0 Å². The van der Waals surface area contributed by atoms with E-state index in [1.807, 2.05) is 19.1 Å². The standard InChI is InChI=1S/C27H22FN7O2/c1-15-6-8-30-27(34-15)37-21-5-4-17(12-20(21)28)22-23-25(29)32-14-33-26(23)35-9-2-3-16-11-18(7-10-36)31-13-19(16)24(22)35/h4-6,8,11-14,26,36H,2-3,9,29H2,1H3,(H,32,33). The summed E-state index contributed by atoms with van der Waals surface area (Å²) in [6.45, 7) is 2.53. The lowest BCUT2D eigenvalue weighted by Gasteiger charge is -2.28. The van der Waals surface area contributed by atoms with E-state index in [-0.39, 0.29) is 17.9 Å². The van der Waals surface area contributed by atoms with Crippen LogP contribution in [0.1, 0.15) is 34.5 Å². The van der Waals surface area contributed by atoms with E-state index in [0.717, 1.165) is 47.4 Å². The highest BCUT2D eigenvalue weighted by Crippen LogP contribution is 2.48. The number of aliphatic hydroxyl groups excluding tert-OH is 1. The lowest BCUT2D eigenvalue weighted by atomic mass is 9.93. The predicted molar refractivity (Wildman–Crippen MR) is 135 cm³/mol. The maximum absolute atomic E-state index is 15.4. The summed E-state index contributed by atoms with van der Waals surface area (Å²) in [5, 5.41) is 12.0. The Balaban J connectivity index is 1.51. The van der Waals surface area contributed by atoms with E-state index < -0.39 is 5.82 Å². The van der Waals surface area contributed by atoms with Crippen molar-refractivity contribution >= 4 is 17.6 Å². The van der Waals surface area contributed by atoms with Crippen molar-refractivity contribution in [3.8, 4) is 23.8 Å². The molecule has 0 spiro atoms. The summed E-state index contributed by atoms with van der Waals surface area (Å²) >= 11 is 0. The maximum atomic E-state index is 15.4. The highest BCUT2D eigenvalue weighted by molar-refractivity contribution is 6.03. The number of hydrogen-bond acceptors (Lipinski definition) is 9. The van der Waals surface area contributed by atoms with Crippen LogP contribution in [-0.4, -0.2) is 44.0 Å².